The molecular weight excluding hydrogens is 265 g/mol. The summed E-state index contributed by atoms with van der Waals surface area (Å²) in [5.41, 5.74) is 9.18. The van der Waals surface area contributed by atoms with Crippen molar-refractivity contribution in [2.24, 2.45) is 5.73 Å². The SMILES string of the molecule is COc1ccc(CC(C)(N)Cc2cc(F)ccc2C)cc1. The van der Waals surface area contributed by atoms with Crippen molar-refractivity contribution in [3.05, 3.63) is 65.0 Å². The number of benzene rings is 2. The van der Waals surface area contributed by atoms with Crippen LogP contribution in [-0.2, 0) is 12.8 Å². The number of hydrogen-bond donors (Lipinski definition) is 1. The van der Waals surface area contributed by atoms with Crippen molar-refractivity contribution in [2.45, 2.75) is 32.2 Å². The number of hydrogen-bond acceptors (Lipinski definition) is 2. The highest BCUT2D eigenvalue weighted by molar-refractivity contribution is 5.31. The summed E-state index contributed by atoms with van der Waals surface area (Å²) in [6, 6.07) is 12.8. The lowest BCUT2D eigenvalue weighted by Crippen LogP contribution is -2.41. The maximum Gasteiger partial charge on any atom is 0.123 e. The van der Waals surface area contributed by atoms with Gasteiger partial charge in [-0.3, -0.25) is 0 Å². The number of ether oxygens (including phenoxy) is 1. The number of aryl methyl sites for hydroxylation is 1. The Morgan fingerprint density at radius 2 is 1.76 bits per heavy atom. The van der Waals surface area contributed by atoms with Gasteiger partial charge in [-0.2, -0.15) is 0 Å². The van der Waals surface area contributed by atoms with Crippen LogP contribution in [0.3, 0.4) is 0 Å². The fourth-order valence-electron chi connectivity index (χ4n) is 2.54. The molecule has 0 amide bonds. The zero-order valence-corrected chi connectivity index (χ0v) is 12.8. The average Bonchev–Trinajstić information content (AvgIpc) is 2.43. The average molecular weight is 287 g/mol. The summed E-state index contributed by atoms with van der Waals surface area (Å²) in [5.74, 6) is 0.620. The molecule has 0 radical (unpaired) electrons. The Balaban J connectivity index is 2.11. The van der Waals surface area contributed by atoms with E-state index < -0.39 is 5.54 Å². The van der Waals surface area contributed by atoms with Crippen molar-refractivity contribution in [3.8, 4) is 5.75 Å². The molecule has 0 saturated carbocycles. The van der Waals surface area contributed by atoms with Crippen LogP contribution in [0.5, 0.6) is 5.75 Å². The maximum atomic E-state index is 13.4. The molecule has 2 aromatic carbocycles. The monoisotopic (exact) mass is 287 g/mol. The van der Waals surface area contributed by atoms with Gasteiger partial charge in [0.2, 0.25) is 0 Å². The molecule has 2 N–H and O–H groups in total. The summed E-state index contributed by atoms with van der Waals surface area (Å²) < 4.78 is 18.5. The Morgan fingerprint density at radius 1 is 1.10 bits per heavy atom. The molecule has 0 aliphatic carbocycles. The summed E-state index contributed by atoms with van der Waals surface area (Å²) in [5, 5.41) is 0. The molecule has 0 heterocycles. The van der Waals surface area contributed by atoms with Crippen molar-refractivity contribution >= 4 is 0 Å². The van der Waals surface area contributed by atoms with Gasteiger partial charge in [-0.1, -0.05) is 18.2 Å². The molecule has 2 nitrogen and oxygen atoms in total. The van der Waals surface area contributed by atoms with Crippen LogP contribution >= 0.6 is 0 Å². The molecule has 21 heavy (non-hydrogen) atoms. The molecule has 0 saturated heterocycles. The standard InChI is InChI=1S/C18H22FNO/c1-13-4-7-16(19)10-15(13)12-18(2,20)11-14-5-8-17(21-3)9-6-14/h4-10H,11-12,20H2,1-3H3. The molecule has 0 spiro atoms. The van der Waals surface area contributed by atoms with Crippen molar-refractivity contribution in [1.82, 2.24) is 0 Å². The Kier molecular flexibility index (Phi) is 4.63. The van der Waals surface area contributed by atoms with Crippen molar-refractivity contribution in [1.29, 1.82) is 0 Å². The van der Waals surface area contributed by atoms with Crippen LogP contribution in [-0.4, -0.2) is 12.6 Å². The van der Waals surface area contributed by atoms with Crippen LogP contribution in [0.1, 0.15) is 23.6 Å². The van der Waals surface area contributed by atoms with Gasteiger partial charge < -0.3 is 10.5 Å². The van der Waals surface area contributed by atoms with Crippen LogP contribution in [0.25, 0.3) is 0 Å². The first-order valence-corrected chi connectivity index (χ1v) is 7.06. The fraction of sp³-hybridized carbons (Fsp3) is 0.333. The Hall–Kier alpha value is -1.87. The molecule has 112 valence electrons. The number of halogens is 1. The van der Waals surface area contributed by atoms with E-state index in [1.807, 2.05) is 38.1 Å². The molecule has 0 fully saturated rings. The van der Waals surface area contributed by atoms with Gasteiger partial charge in [-0.25, -0.2) is 4.39 Å². The van der Waals surface area contributed by atoms with E-state index in [1.165, 1.54) is 6.07 Å². The first-order valence-electron chi connectivity index (χ1n) is 7.06. The molecule has 1 unspecified atom stereocenters. The first-order chi connectivity index (χ1) is 9.89. The summed E-state index contributed by atoms with van der Waals surface area (Å²) in [4.78, 5) is 0. The molecular formula is C18H22FNO. The van der Waals surface area contributed by atoms with Gasteiger partial charge in [-0.15, -0.1) is 0 Å². The number of nitrogens with two attached hydrogens (primary N) is 1. The van der Waals surface area contributed by atoms with E-state index in [9.17, 15) is 4.39 Å². The highest BCUT2D eigenvalue weighted by Gasteiger charge is 2.21. The Morgan fingerprint density at radius 3 is 2.38 bits per heavy atom. The summed E-state index contributed by atoms with van der Waals surface area (Å²) in [6.07, 6.45) is 1.37. The van der Waals surface area contributed by atoms with E-state index in [-0.39, 0.29) is 5.82 Å². The predicted octanol–water partition coefficient (Wildman–Crippen LogP) is 3.65. The number of rotatable bonds is 5. The lowest BCUT2D eigenvalue weighted by Gasteiger charge is -2.26. The van der Waals surface area contributed by atoms with Gasteiger partial charge in [0.25, 0.3) is 0 Å². The molecule has 0 aromatic heterocycles. The quantitative estimate of drug-likeness (QED) is 0.911. The molecule has 3 heteroatoms. The molecule has 2 rings (SSSR count). The van der Waals surface area contributed by atoms with E-state index in [0.29, 0.717) is 6.42 Å². The summed E-state index contributed by atoms with van der Waals surface area (Å²) >= 11 is 0. The van der Waals surface area contributed by atoms with Gasteiger partial charge in [0.1, 0.15) is 11.6 Å². The minimum atomic E-state index is -0.423. The third-order valence-electron chi connectivity index (χ3n) is 3.67. The normalized spacial score (nSPS) is 13.8. The summed E-state index contributed by atoms with van der Waals surface area (Å²) in [7, 11) is 1.65. The van der Waals surface area contributed by atoms with E-state index in [0.717, 1.165) is 28.9 Å². The lowest BCUT2D eigenvalue weighted by molar-refractivity contribution is 0.414. The van der Waals surface area contributed by atoms with Gasteiger partial charge in [0.05, 0.1) is 7.11 Å². The molecule has 0 bridgehead atoms. The van der Waals surface area contributed by atoms with E-state index in [2.05, 4.69) is 0 Å². The van der Waals surface area contributed by atoms with Crippen LogP contribution in [0.4, 0.5) is 4.39 Å². The minimum absolute atomic E-state index is 0.212. The van der Waals surface area contributed by atoms with Crippen LogP contribution in [0, 0.1) is 12.7 Å². The van der Waals surface area contributed by atoms with Crippen LogP contribution in [0.15, 0.2) is 42.5 Å². The molecule has 0 aliphatic heterocycles. The van der Waals surface area contributed by atoms with Gasteiger partial charge >= 0.3 is 0 Å². The first kappa shape index (κ1) is 15.5. The predicted molar refractivity (Wildman–Crippen MR) is 84.1 cm³/mol. The fourth-order valence-corrected chi connectivity index (χ4v) is 2.54. The zero-order chi connectivity index (χ0) is 15.5. The maximum absolute atomic E-state index is 13.4. The Labute approximate surface area is 125 Å². The number of methoxy groups -OCH3 is 1. The van der Waals surface area contributed by atoms with Crippen molar-refractivity contribution in [3.63, 3.8) is 0 Å². The zero-order valence-electron chi connectivity index (χ0n) is 12.8. The largest absolute Gasteiger partial charge is 0.497 e. The topological polar surface area (TPSA) is 35.2 Å². The Bertz CT molecular complexity index is 605. The van der Waals surface area contributed by atoms with Crippen LogP contribution in [0.2, 0.25) is 0 Å². The van der Waals surface area contributed by atoms with E-state index >= 15 is 0 Å². The molecule has 0 aliphatic rings. The molecule has 1 atom stereocenters. The summed E-state index contributed by atoms with van der Waals surface area (Å²) in [6.45, 7) is 3.99. The second-order valence-electron chi connectivity index (χ2n) is 5.93. The highest BCUT2D eigenvalue weighted by atomic mass is 19.1. The second-order valence-corrected chi connectivity index (χ2v) is 5.93. The van der Waals surface area contributed by atoms with Crippen molar-refractivity contribution in [2.75, 3.05) is 7.11 Å². The van der Waals surface area contributed by atoms with Gasteiger partial charge in [-0.05, 0) is 67.6 Å². The third kappa shape index (κ3) is 4.30. The van der Waals surface area contributed by atoms with Crippen LogP contribution < -0.4 is 10.5 Å². The van der Waals surface area contributed by atoms with E-state index in [4.69, 9.17) is 10.5 Å². The minimum Gasteiger partial charge on any atom is -0.497 e. The third-order valence-corrected chi connectivity index (χ3v) is 3.67. The van der Waals surface area contributed by atoms with E-state index in [1.54, 1.807) is 19.2 Å². The second kappa shape index (κ2) is 6.27. The van der Waals surface area contributed by atoms with Gasteiger partial charge in [0.15, 0.2) is 0 Å². The molecule has 2 aromatic rings. The smallest absolute Gasteiger partial charge is 0.123 e. The lowest BCUT2D eigenvalue weighted by atomic mass is 9.86. The van der Waals surface area contributed by atoms with Gasteiger partial charge in [0, 0.05) is 5.54 Å². The highest BCUT2D eigenvalue weighted by Crippen LogP contribution is 2.21. The van der Waals surface area contributed by atoms with Crippen molar-refractivity contribution < 1.29 is 9.13 Å².